The molecule has 2 heterocycles. The maximum Gasteiger partial charge on any atom is 0.410 e. The molecule has 1 fully saturated rings. The van der Waals surface area contributed by atoms with E-state index in [1.807, 2.05) is 20.8 Å². The molecular formula is C15H22N3O5+. The minimum Gasteiger partial charge on any atom is -0.474 e. The Kier molecular flexibility index (Phi) is 5.02. The van der Waals surface area contributed by atoms with Crippen LogP contribution in [0.1, 0.15) is 33.6 Å². The van der Waals surface area contributed by atoms with E-state index >= 15 is 0 Å². The average Bonchev–Trinajstić information content (AvgIpc) is 2.46. The van der Waals surface area contributed by atoms with Gasteiger partial charge in [-0.15, -0.1) is 0 Å². The van der Waals surface area contributed by atoms with Gasteiger partial charge in [0.25, 0.3) is 4.92 Å². The molecule has 0 saturated carbocycles. The van der Waals surface area contributed by atoms with E-state index in [0.717, 1.165) is 0 Å². The third kappa shape index (κ3) is 5.08. The summed E-state index contributed by atoms with van der Waals surface area (Å²) >= 11 is 0. The van der Waals surface area contributed by atoms with Crippen LogP contribution in [0.15, 0.2) is 18.3 Å². The first-order chi connectivity index (χ1) is 10.7. The lowest BCUT2D eigenvalue weighted by Gasteiger charge is -2.33. The highest BCUT2D eigenvalue weighted by Gasteiger charge is 2.27. The molecule has 1 aromatic heterocycles. The van der Waals surface area contributed by atoms with Crippen molar-refractivity contribution in [3.8, 4) is 5.88 Å². The fourth-order valence-corrected chi connectivity index (χ4v) is 2.21. The predicted octanol–water partition coefficient (Wildman–Crippen LogP) is 2.66. The van der Waals surface area contributed by atoms with E-state index < -0.39 is 5.60 Å². The van der Waals surface area contributed by atoms with Crippen LogP contribution in [-0.4, -0.2) is 50.9 Å². The second kappa shape index (κ2) is 6.80. The summed E-state index contributed by atoms with van der Waals surface area (Å²) < 4.78 is 11.1. The van der Waals surface area contributed by atoms with Gasteiger partial charge in [0.2, 0.25) is 5.88 Å². The summed E-state index contributed by atoms with van der Waals surface area (Å²) in [6.07, 6.45) is 2.23. The van der Waals surface area contributed by atoms with Crippen molar-refractivity contribution in [1.82, 2.24) is 9.88 Å². The van der Waals surface area contributed by atoms with Crippen LogP contribution in [0, 0.1) is 4.91 Å². The first-order valence-electron chi connectivity index (χ1n) is 7.51. The lowest BCUT2D eigenvalue weighted by Crippen LogP contribution is -2.44. The Morgan fingerprint density at radius 3 is 2.48 bits per heavy atom. The van der Waals surface area contributed by atoms with E-state index in [-0.39, 0.29) is 22.8 Å². The molecule has 1 aliphatic heterocycles. The summed E-state index contributed by atoms with van der Waals surface area (Å²) in [5, 5.41) is 8.75. The zero-order chi connectivity index (χ0) is 17.0. The SMILES string of the molecule is CC(C)(C)OC(=O)N1CCC(Oc2ccc([N+](=O)O)cn2)CC1. The number of carbonyl (C=O) groups excluding carboxylic acids is 1. The molecule has 0 aliphatic carbocycles. The van der Waals surface area contributed by atoms with E-state index in [2.05, 4.69) is 4.98 Å². The second-order valence-electron chi connectivity index (χ2n) is 6.41. The third-order valence-corrected chi connectivity index (χ3v) is 3.32. The molecule has 0 bridgehead atoms. The summed E-state index contributed by atoms with van der Waals surface area (Å²) in [6.45, 7) is 6.63. The lowest BCUT2D eigenvalue weighted by molar-refractivity contribution is -0.729. The van der Waals surface area contributed by atoms with Crippen LogP contribution in [0.3, 0.4) is 0 Å². The number of piperidine rings is 1. The Labute approximate surface area is 134 Å². The average molecular weight is 324 g/mol. The largest absolute Gasteiger partial charge is 0.474 e. The number of hydrogen-bond donors (Lipinski definition) is 1. The van der Waals surface area contributed by atoms with Gasteiger partial charge in [-0.1, -0.05) is 0 Å². The van der Waals surface area contributed by atoms with Crippen molar-refractivity contribution in [2.45, 2.75) is 45.3 Å². The first kappa shape index (κ1) is 17.0. The minimum absolute atomic E-state index is 0.0390. The smallest absolute Gasteiger partial charge is 0.410 e. The van der Waals surface area contributed by atoms with Crippen LogP contribution < -0.4 is 4.74 Å². The Morgan fingerprint density at radius 1 is 1.35 bits per heavy atom. The molecule has 0 atom stereocenters. The zero-order valence-corrected chi connectivity index (χ0v) is 13.6. The standard InChI is InChI=1S/C15H22N3O5/c1-15(2,3)23-14(19)17-8-6-12(7-9-17)22-13-5-4-11(10-16-13)18(20)21/h4-5,10,12H,6-9H2,1-3H3,(H,20,21)/q+1. The Hall–Kier alpha value is -2.38. The lowest BCUT2D eigenvalue weighted by atomic mass is 10.1. The van der Waals surface area contributed by atoms with E-state index in [1.165, 1.54) is 18.3 Å². The molecule has 23 heavy (non-hydrogen) atoms. The van der Waals surface area contributed by atoms with Crippen LogP contribution in [0.2, 0.25) is 0 Å². The molecule has 1 aliphatic rings. The highest BCUT2D eigenvalue weighted by molar-refractivity contribution is 5.68. The van der Waals surface area contributed by atoms with Crippen molar-refractivity contribution in [2.24, 2.45) is 0 Å². The minimum atomic E-state index is -0.502. The second-order valence-corrected chi connectivity index (χ2v) is 6.41. The van der Waals surface area contributed by atoms with E-state index in [1.54, 1.807) is 4.90 Å². The number of amides is 1. The van der Waals surface area contributed by atoms with E-state index in [4.69, 9.17) is 14.7 Å². The van der Waals surface area contributed by atoms with E-state index in [9.17, 15) is 9.70 Å². The van der Waals surface area contributed by atoms with Gasteiger partial charge in [0.15, 0.2) is 0 Å². The van der Waals surface area contributed by atoms with Gasteiger partial charge in [-0.3, -0.25) is 0 Å². The molecule has 0 unspecified atom stereocenters. The zero-order valence-electron chi connectivity index (χ0n) is 13.6. The normalized spacial score (nSPS) is 16.0. The summed E-state index contributed by atoms with van der Waals surface area (Å²) in [5.41, 5.74) is -0.463. The van der Waals surface area contributed by atoms with Crippen molar-refractivity contribution in [3.05, 3.63) is 23.2 Å². The Morgan fingerprint density at radius 2 is 2.00 bits per heavy atom. The number of nitrogens with zero attached hydrogens (tertiary/aromatic N) is 3. The van der Waals surface area contributed by atoms with Gasteiger partial charge >= 0.3 is 11.8 Å². The van der Waals surface area contributed by atoms with Crippen LogP contribution in [0.4, 0.5) is 10.5 Å². The van der Waals surface area contributed by atoms with Crippen LogP contribution in [-0.2, 0) is 4.74 Å². The van der Waals surface area contributed by atoms with Gasteiger partial charge in [-0.2, -0.15) is 0 Å². The molecule has 1 N–H and O–H groups in total. The van der Waals surface area contributed by atoms with Crippen molar-refractivity contribution in [1.29, 1.82) is 0 Å². The summed E-state index contributed by atoms with van der Waals surface area (Å²) in [7, 11) is 0. The van der Waals surface area contributed by atoms with Gasteiger partial charge in [-0.25, -0.2) is 15.0 Å². The third-order valence-electron chi connectivity index (χ3n) is 3.32. The molecule has 0 radical (unpaired) electrons. The maximum absolute atomic E-state index is 12.0. The Balaban J connectivity index is 1.82. The van der Waals surface area contributed by atoms with Crippen molar-refractivity contribution in [2.75, 3.05) is 13.1 Å². The number of hydrogen-bond acceptors (Lipinski definition) is 5. The maximum atomic E-state index is 12.0. The van der Waals surface area contributed by atoms with Crippen molar-refractivity contribution >= 4 is 11.8 Å². The Bertz CT molecular complexity index is 559. The van der Waals surface area contributed by atoms with Gasteiger partial charge < -0.3 is 14.4 Å². The van der Waals surface area contributed by atoms with E-state index in [0.29, 0.717) is 31.8 Å². The number of pyridine rings is 1. The van der Waals surface area contributed by atoms with Gasteiger partial charge in [-0.05, 0) is 20.8 Å². The summed E-state index contributed by atoms with van der Waals surface area (Å²) in [5.74, 6) is 0.381. The number of ether oxygens (including phenoxy) is 2. The predicted molar refractivity (Wildman–Crippen MR) is 80.8 cm³/mol. The van der Waals surface area contributed by atoms with Gasteiger partial charge in [0.05, 0.1) is 4.91 Å². The molecule has 0 spiro atoms. The number of aromatic nitrogens is 1. The molecule has 126 valence electrons. The van der Waals surface area contributed by atoms with Crippen molar-refractivity contribution < 1.29 is 24.4 Å². The molecule has 8 nitrogen and oxygen atoms in total. The van der Waals surface area contributed by atoms with Gasteiger partial charge in [0, 0.05) is 38.1 Å². The van der Waals surface area contributed by atoms with Crippen LogP contribution in [0.5, 0.6) is 5.88 Å². The monoisotopic (exact) mass is 324 g/mol. The molecule has 1 amide bonds. The molecule has 1 aromatic rings. The number of carbonyl (C=O) groups is 1. The van der Waals surface area contributed by atoms with Gasteiger partial charge in [0.1, 0.15) is 17.9 Å². The fraction of sp³-hybridized carbons (Fsp3) is 0.600. The topological polar surface area (TPSA) is 92.0 Å². The quantitative estimate of drug-likeness (QED) is 0.859. The fourth-order valence-electron chi connectivity index (χ4n) is 2.21. The molecule has 1 saturated heterocycles. The first-order valence-corrected chi connectivity index (χ1v) is 7.51. The van der Waals surface area contributed by atoms with Crippen molar-refractivity contribution in [3.63, 3.8) is 0 Å². The number of rotatable bonds is 3. The van der Waals surface area contributed by atoms with Crippen LogP contribution in [0.25, 0.3) is 0 Å². The molecular weight excluding hydrogens is 302 g/mol. The highest BCUT2D eigenvalue weighted by atomic mass is 16.6. The highest BCUT2D eigenvalue weighted by Crippen LogP contribution is 2.20. The van der Waals surface area contributed by atoms with Crippen LogP contribution >= 0.6 is 0 Å². The summed E-state index contributed by atoms with van der Waals surface area (Å²) in [6, 6.07) is 2.95. The molecule has 8 heteroatoms. The molecule has 2 rings (SSSR count). The molecule has 0 aromatic carbocycles. The number of likely N-dealkylation sites (tertiary alicyclic amines) is 1. The summed E-state index contributed by atoms with van der Waals surface area (Å²) in [4.78, 5) is 28.0.